The number of nitrogens with zero attached hydrogens (tertiary/aromatic N) is 1. The molecule has 0 saturated heterocycles. The fourth-order valence-electron chi connectivity index (χ4n) is 2.70. The molecule has 0 fully saturated rings. The minimum Gasteiger partial charge on any atom is -0.451 e. The molecule has 2 aromatic heterocycles. The maximum atomic E-state index is 13.4. The molecule has 0 aliphatic rings. The lowest BCUT2D eigenvalue weighted by atomic mass is 10.1. The van der Waals surface area contributed by atoms with Gasteiger partial charge in [0.1, 0.15) is 11.4 Å². The average Bonchev–Trinajstić information content (AvgIpc) is 3.26. The maximum Gasteiger partial charge on any atom is 0.290 e. The van der Waals surface area contributed by atoms with Gasteiger partial charge < -0.3 is 14.6 Å². The second-order valence-corrected chi connectivity index (χ2v) is 6.90. The van der Waals surface area contributed by atoms with E-state index in [-0.39, 0.29) is 29.9 Å². The highest BCUT2D eigenvalue weighted by Crippen LogP contribution is 2.27. The third-order valence-electron chi connectivity index (χ3n) is 4.14. The fraction of sp³-hybridized carbons (Fsp3) is 0.263. The molecule has 0 aliphatic heterocycles. The zero-order valence-corrected chi connectivity index (χ0v) is 15.4. The highest BCUT2D eigenvalue weighted by molar-refractivity contribution is 7.09. The summed E-state index contributed by atoms with van der Waals surface area (Å²) < 4.78 is 19.0. The summed E-state index contributed by atoms with van der Waals surface area (Å²) in [5.41, 5.74) is 1.02. The van der Waals surface area contributed by atoms with Crippen molar-refractivity contribution in [3.8, 4) is 0 Å². The van der Waals surface area contributed by atoms with Crippen LogP contribution in [0.25, 0.3) is 11.0 Å². The Morgan fingerprint density at radius 3 is 2.81 bits per heavy atom. The lowest BCUT2D eigenvalue weighted by Gasteiger charge is -2.19. The summed E-state index contributed by atoms with van der Waals surface area (Å²) in [7, 11) is 0. The van der Waals surface area contributed by atoms with E-state index in [1.807, 2.05) is 17.5 Å². The van der Waals surface area contributed by atoms with Gasteiger partial charge in [-0.15, -0.1) is 11.3 Å². The van der Waals surface area contributed by atoms with E-state index in [9.17, 15) is 14.0 Å². The first-order valence-electron chi connectivity index (χ1n) is 8.26. The largest absolute Gasteiger partial charge is 0.451 e. The van der Waals surface area contributed by atoms with E-state index >= 15 is 0 Å². The Labute approximate surface area is 154 Å². The lowest BCUT2D eigenvalue weighted by molar-refractivity contribution is -0.121. The molecule has 0 unspecified atom stereocenters. The van der Waals surface area contributed by atoms with Crippen LogP contribution >= 0.6 is 11.3 Å². The van der Waals surface area contributed by atoms with Gasteiger partial charge in [0.15, 0.2) is 5.76 Å². The molecule has 0 spiro atoms. The molecule has 0 bridgehead atoms. The SMILES string of the molecule is CCN(CC(=O)NCc1cccs1)C(=O)c1oc2ccc(F)cc2c1C. The van der Waals surface area contributed by atoms with Crippen molar-refractivity contribution in [2.24, 2.45) is 0 Å². The van der Waals surface area contributed by atoms with Crippen molar-refractivity contribution in [1.82, 2.24) is 10.2 Å². The van der Waals surface area contributed by atoms with Crippen molar-refractivity contribution in [1.29, 1.82) is 0 Å². The molecule has 3 aromatic rings. The van der Waals surface area contributed by atoms with E-state index in [1.165, 1.54) is 23.1 Å². The molecule has 2 heterocycles. The summed E-state index contributed by atoms with van der Waals surface area (Å²) in [5.74, 6) is -0.875. The number of thiophene rings is 1. The number of carbonyl (C=O) groups is 2. The number of amides is 2. The Bertz CT molecular complexity index is 934. The normalized spacial score (nSPS) is 10.9. The number of halogens is 1. The molecular formula is C19H19FN2O3S. The molecule has 0 aliphatic carbocycles. The van der Waals surface area contributed by atoms with E-state index in [0.29, 0.717) is 29.6 Å². The van der Waals surface area contributed by atoms with Crippen molar-refractivity contribution in [2.75, 3.05) is 13.1 Å². The van der Waals surface area contributed by atoms with Crippen molar-refractivity contribution >= 4 is 34.1 Å². The molecule has 136 valence electrons. The number of carbonyl (C=O) groups excluding carboxylic acids is 2. The highest BCUT2D eigenvalue weighted by Gasteiger charge is 2.24. The molecule has 1 aromatic carbocycles. The average molecular weight is 374 g/mol. The van der Waals surface area contributed by atoms with Gasteiger partial charge in [-0.2, -0.15) is 0 Å². The van der Waals surface area contributed by atoms with Crippen LogP contribution in [-0.2, 0) is 11.3 Å². The van der Waals surface area contributed by atoms with Gasteiger partial charge in [-0.3, -0.25) is 9.59 Å². The fourth-order valence-corrected chi connectivity index (χ4v) is 3.34. The molecule has 5 nitrogen and oxygen atoms in total. The number of fused-ring (bicyclic) bond motifs is 1. The Balaban J connectivity index is 1.72. The minimum absolute atomic E-state index is 0.0639. The second-order valence-electron chi connectivity index (χ2n) is 5.87. The number of furan rings is 1. The smallest absolute Gasteiger partial charge is 0.290 e. The molecular weight excluding hydrogens is 355 g/mol. The van der Waals surface area contributed by atoms with Crippen LogP contribution in [-0.4, -0.2) is 29.8 Å². The van der Waals surface area contributed by atoms with Gasteiger partial charge in [-0.05, 0) is 43.5 Å². The van der Waals surface area contributed by atoms with Gasteiger partial charge in [0.2, 0.25) is 5.91 Å². The van der Waals surface area contributed by atoms with Gasteiger partial charge in [0.05, 0.1) is 13.1 Å². The number of likely N-dealkylation sites (N-methyl/N-ethyl adjacent to an activating group) is 1. The quantitative estimate of drug-likeness (QED) is 0.715. The Morgan fingerprint density at radius 1 is 1.31 bits per heavy atom. The molecule has 0 saturated carbocycles. The predicted octanol–water partition coefficient (Wildman–Crippen LogP) is 3.72. The van der Waals surface area contributed by atoms with Crippen LogP contribution in [0.1, 0.15) is 27.9 Å². The third kappa shape index (κ3) is 3.77. The third-order valence-corrected chi connectivity index (χ3v) is 5.01. The Kier molecular flexibility index (Phi) is 5.37. The van der Waals surface area contributed by atoms with Crippen molar-refractivity contribution in [3.05, 3.63) is 57.7 Å². The van der Waals surface area contributed by atoms with E-state index in [4.69, 9.17) is 4.42 Å². The number of hydrogen-bond acceptors (Lipinski definition) is 4. The molecule has 0 atom stereocenters. The number of hydrogen-bond donors (Lipinski definition) is 1. The van der Waals surface area contributed by atoms with Crippen molar-refractivity contribution in [2.45, 2.75) is 20.4 Å². The minimum atomic E-state index is -0.388. The first-order chi connectivity index (χ1) is 12.5. The first kappa shape index (κ1) is 18.1. The Hall–Kier alpha value is -2.67. The predicted molar refractivity (Wildman–Crippen MR) is 98.7 cm³/mol. The number of benzene rings is 1. The zero-order valence-electron chi connectivity index (χ0n) is 14.5. The summed E-state index contributed by atoms with van der Waals surface area (Å²) in [4.78, 5) is 27.4. The topological polar surface area (TPSA) is 62.6 Å². The Morgan fingerprint density at radius 2 is 2.12 bits per heavy atom. The first-order valence-corrected chi connectivity index (χ1v) is 9.14. The van der Waals surface area contributed by atoms with Crippen LogP contribution in [0, 0.1) is 12.7 Å². The maximum absolute atomic E-state index is 13.4. The van der Waals surface area contributed by atoms with Crippen LogP contribution in [0.15, 0.2) is 40.1 Å². The van der Waals surface area contributed by atoms with Crippen LogP contribution in [0.4, 0.5) is 4.39 Å². The van der Waals surface area contributed by atoms with Gasteiger partial charge in [-0.1, -0.05) is 6.07 Å². The van der Waals surface area contributed by atoms with Crippen LogP contribution in [0.5, 0.6) is 0 Å². The molecule has 1 N–H and O–H groups in total. The number of nitrogens with one attached hydrogen (secondary N) is 1. The summed E-state index contributed by atoms with van der Waals surface area (Å²) in [6.45, 7) is 4.23. The van der Waals surface area contributed by atoms with Gasteiger partial charge in [0, 0.05) is 22.4 Å². The van der Waals surface area contributed by atoms with Crippen molar-refractivity contribution in [3.63, 3.8) is 0 Å². The highest BCUT2D eigenvalue weighted by atomic mass is 32.1. The summed E-state index contributed by atoms with van der Waals surface area (Å²) in [6, 6.07) is 7.98. The lowest BCUT2D eigenvalue weighted by Crippen LogP contribution is -2.40. The van der Waals surface area contributed by atoms with Gasteiger partial charge in [-0.25, -0.2) is 4.39 Å². The van der Waals surface area contributed by atoms with Crippen LogP contribution in [0.3, 0.4) is 0 Å². The van der Waals surface area contributed by atoms with Gasteiger partial charge >= 0.3 is 0 Å². The summed E-state index contributed by atoms with van der Waals surface area (Å²) in [6.07, 6.45) is 0. The summed E-state index contributed by atoms with van der Waals surface area (Å²) >= 11 is 1.56. The number of rotatable bonds is 6. The molecule has 26 heavy (non-hydrogen) atoms. The standard InChI is InChI=1S/C19H19FN2O3S/c1-3-22(11-17(23)21-10-14-5-4-8-26-14)19(24)18-12(2)15-9-13(20)6-7-16(15)25-18/h4-9H,3,10-11H2,1-2H3,(H,21,23). The van der Waals surface area contributed by atoms with Crippen LogP contribution < -0.4 is 5.32 Å². The summed E-state index contributed by atoms with van der Waals surface area (Å²) in [5, 5.41) is 5.30. The van der Waals surface area contributed by atoms with E-state index in [2.05, 4.69) is 5.32 Å². The number of aryl methyl sites for hydroxylation is 1. The van der Waals surface area contributed by atoms with E-state index in [0.717, 1.165) is 4.88 Å². The molecule has 0 radical (unpaired) electrons. The van der Waals surface area contributed by atoms with E-state index < -0.39 is 0 Å². The van der Waals surface area contributed by atoms with Crippen molar-refractivity contribution < 1.29 is 18.4 Å². The monoisotopic (exact) mass is 374 g/mol. The van der Waals surface area contributed by atoms with Gasteiger partial charge in [0.25, 0.3) is 5.91 Å². The van der Waals surface area contributed by atoms with Crippen LogP contribution in [0.2, 0.25) is 0 Å². The second kappa shape index (κ2) is 7.70. The molecule has 7 heteroatoms. The molecule has 2 amide bonds. The zero-order chi connectivity index (χ0) is 18.7. The molecule has 3 rings (SSSR count). The van der Waals surface area contributed by atoms with E-state index in [1.54, 1.807) is 25.2 Å².